The van der Waals surface area contributed by atoms with Gasteiger partial charge in [0, 0.05) is 19.6 Å². The first-order valence-corrected chi connectivity index (χ1v) is 8.30. The lowest BCUT2D eigenvalue weighted by Gasteiger charge is -2.23. The van der Waals surface area contributed by atoms with Crippen molar-refractivity contribution in [2.24, 2.45) is 0 Å². The molecule has 0 saturated carbocycles. The Kier molecular flexibility index (Phi) is 7.84. The van der Waals surface area contributed by atoms with Crippen LogP contribution >= 0.6 is 12.4 Å². The van der Waals surface area contributed by atoms with E-state index in [0.717, 1.165) is 12.1 Å². The predicted molar refractivity (Wildman–Crippen MR) is 99.2 cm³/mol. The van der Waals surface area contributed by atoms with Crippen LogP contribution in [0.15, 0.2) is 48.5 Å². The minimum absolute atomic E-state index is 0. The van der Waals surface area contributed by atoms with Crippen LogP contribution in [0.2, 0.25) is 0 Å². The van der Waals surface area contributed by atoms with E-state index >= 15 is 0 Å². The summed E-state index contributed by atoms with van der Waals surface area (Å²) in [7, 11) is 0. The summed E-state index contributed by atoms with van der Waals surface area (Å²) in [6, 6.07) is 13.3. The van der Waals surface area contributed by atoms with Gasteiger partial charge in [0.1, 0.15) is 17.3 Å². The second-order valence-electron chi connectivity index (χ2n) is 5.88. The molecule has 1 aliphatic rings. The third-order valence-corrected chi connectivity index (χ3v) is 3.88. The highest BCUT2D eigenvalue weighted by atomic mass is 35.5. The van der Waals surface area contributed by atoms with Crippen molar-refractivity contribution in [2.45, 2.75) is 19.1 Å². The van der Waals surface area contributed by atoms with Gasteiger partial charge in [-0.25, -0.2) is 4.39 Å². The van der Waals surface area contributed by atoms with Crippen LogP contribution in [0, 0.1) is 5.82 Å². The molecule has 0 spiro atoms. The summed E-state index contributed by atoms with van der Waals surface area (Å²) in [5.74, 6) is 0.903. The molecule has 1 heterocycles. The molecule has 0 radical (unpaired) electrons. The van der Waals surface area contributed by atoms with Crippen molar-refractivity contribution in [2.75, 3.05) is 19.7 Å². The van der Waals surface area contributed by atoms with Gasteiger partial charge in [-0.05, 0) is 42.0 Å². The average Bonchev–Trinajstić information content (AvgIpc) is 2.64. The van der Waals surface area contributed by atoms with E-state index in [4.69, 9.17) is 9.47 Å². The van der Waals surface area contributed by atoms with E-state index < -0.39 is 0 Å². The van der Waals surface area contributed by atoms with E-state index in [9.17, 15) is 9.18 Å². The van der Waals surface area contributed by atoms with Gasteiger partial charge in [-0.1, -0.05) is 12.1 Å². The molecule has 1 saturated heterocycles. The Balaban J connectivity index is 0.00000243. The maximum absolute atomic E-state index is 12.9. The van der Waals surface area contributed by atoms with Gasteiger partial charge in [-0.3, -0.25) is 4.79 Å². The van der Waals surface area contributed by atoms with Crippen LogP contribution in [0.3, 0.4) is 0 Å². The molecule has 2 N–H and O–H groups in total. The summed E-state index contributed by atoms with van der Waals surface area (Å²) in [4.78, 5) is 11.9. The van der Waals surface area contributed by atoms with Crippen molar-refractivity contribution in [1.29, 1.82) is 0 Å². The van der Waals surface area contributed by atoms with Gasteiger partial charge in [0.2, 0.25) is 5.91 Å². The summed E-state index contributed by atoms with van der Waals surface area (Å²) in [5.41, 5.74) is 0.975. The molecule has 0 aromatic heterocycles. The lowest BCUT2D eigenvalue weighted by atomic mass is 10.2. The largest absolute Gasteiger partial charge is 0.457 e. The molecular weight excluding hydrogens is 359 g/mol. The normalized spacial score (nSPS) is 16.4. The minimum atomic E-state index is -0.298. The number of hydrogen-bond acceptors (Lipinski definition) is 4. The number of ether oxygens (including phenoxy) is 2. The van der Waals surface area contributed by atoms with Gasteiger partial charge in [-0.2, -0.15) is 0 Å². The maximum atomic E-state index is 12.9. The van der Waals surface area contributed by atoms with E-state index in [1.54, 1.807) is 12.1 Å². The fourth-order valence-corrected chi connectivity index (χ4v) is 2.54. The van der Waals surface area contributed by atoms with Crippen LogP contribution in [0.25, 0.3) is 0 Å². The van der Waals surface area contributed by atoms with Gasteiger partial charge in [0.15, 0.2) is 0 Å². The summed E-state index contributed by atoms with van der Waals surface area (Å²) in [6.45, 7) is 2.65. The second-order valence-corrected chi connectivity index (χ2v) is 5.88. The molecule has 140 valence electrons. The topological polar surface area (TPSA) is 59.6 Å². The minimum Gasteiger partial charge on any atom is -0.457 e. The summed E-state index contributed by atoms with van der Waals surface area (Å²) < 4.78 is 24.0. The second kappa shape index (κ2) is 10.1. The molecule has 2 aromatic rings. The highest BCUT2D eigenvalue weighted by Crippen LogP contribution is 2.21. The molecule has 2 aromatic carbocycles. The van der Waals surface area contributed by atoms with Crippen LogP contribution in [0.5, 0.6) is 11.5 Å². The number of carbonyl (C=O) groups excluding carboxylic acids is 1. The van der Waals surface area contributed by atoms with Gasteiger partial charge in [0.05, 0.1) is 19.1 Å². The van der Waals surface area contributed by atoms with Gasteiger partial charge < -0.3 is 20.1 Å². The fourth-order valence-electron chi connectivity index (χ4n) is 2.54. The van der Waals surface area contributed by atoms with Crippen molar-refractivity contribution in [1.82, 2.24) is 10.6 Å². The maximum Gasteiger partial charge on any atom is 0.222 e. The Morgan fingerprint density at radius 3 is 2.42 bits per heavy atom. The lowest BCUT2D eigenvalue weighted by molar-refractivity contribution is -0.124. The first-order valence-electron chi connectivity index (χ1n) is 8.30. The Hall–Kier alpha value is -2.15. The van der Waals surface area contributed by atoms with Crippen LogP contribution in [-0.2, 0) is 16.1 Å². The van der Waals surface area contributed by atoms with E-state index in [0.29, 0.717) is 37.6 Å². The molecule has 1 unspecified atom stereocenters. The zero-order chi connectivity index (χ0) is 17.5. The van der Waals surface area contributed by atoms with E-state index in [1.165, 1.54) is 12.1 Å². The van der Waals surface area contributed by atoms with Crippen molar-refractivity contribution in [3.05, 3.63) is 59.9 Å². The third-order valence-electron chi connectivity index (χ3n) is 3.88. The number of morpholine rings is 1. The van der Waals surface area contributed by atoms with Crippen molar-refractivity contribution in [3.8, 4) is 11.5 Å². The predicted octanol–water partition coefficient (Wildman–Crippen LogP) is 3.03. The van der Waals surface area contributed by atoms with E-state index in [2.05, 4.69) is 10.6 Å². The number of rotatable bonds is 6. The summed E-state index contributed by atoms with van der Waals surface area (Å²) in [6.07, 6.45) is 0.305. The number of amides is 1. The molecule has 1 fully saturated rings. The van der Waals surface area contributed by atoms with Crippen LogP contribution in [0.4, 0.5) is 4.39 Å². The summed E-state index contributed by atoms with van der Waals surface area (Å²) in [5, 5.41) is 6.10. The molecule has 1 atom stereocenters. The van der Waals surface area contributed by atoms with Gasteiger partial charge >= 0.3 is 0 Å². The SMILES string of the molecule is Cl.O=C(CC1CNCCO1)NCc1ccc(Oc2ccc(F)cc2)cc1. The van der Waals surface area contributed by atoms with Crippen molar-refractivity contribution < 1.29 is 18.7 Å². The Morgan fingerprint density at radius 2 is 1.81 bits per heavy atom. The summed E-state index contributed by atoms with van der Waals surface area (Å²) >= 11 is 0. The smallest absolute Gasteiger partial charge is 0.222 e. The molecule has 1 amide bonds. The highest BCUT2D eigenvalue weighted by molar-refractivity contribution is 5.85. The zero-order valence-electron chi connectivity index (χ0n) is 14.2. The third kappa shape index (κ3) is 6.29. The first-order chi connectivity index (χ1) is 12.2. The van der Waals surface area contributed by atoms with Crippen LogP contribution in [0.1, 0.15) is 12.0 Å². The number of halogens is 2. The molecule has 3 rings (SSSR count). The van der Waals surface area contributed by atoms with Gasteiger partial charge in [-0.15, -0.1) is 12.4 Å². The number of hydrogen-bond donors (Lipinski definition) is 2. The highest BCUT2D eigenvalue weighted by Gasteiger charge is 2.16. The average molecular weight is 381 g/mol. The monoisotopic (exact) mass is 380 g/mol. The van der Waals surface area contributed by atoms with Crippen molar-refractivity contribution >= 4 is 18.3 Å². The number of nitrogens with one attached hydrogen (secondary N) is 2. The fraction of sp³-hybridized carbons (Fsp3) is 0.316. The van der Waals surface area contributed by atoms with Gasteiger partial charge in [0.25, 0.3) is 0 Å². The van der Waals surface area contributed by atoms with E-state index in [-0.39, 0.29) is 30.2 Å². The van der Waals surface area contributed by atoms with Crippen LogP contribution < -0.4 is 15.4 Å². The van der Waals surface area contributed by atoms with Crippen LogP contribution in [-0.4, -0.2) is 31.7 Å². The Morgan fingerprint density at radius 1 is 1.15 bits per heavy atom. The number of benzene rings is 2. The lowest BCUT2D eigenvalue weighted by Crippen LogP contribution is -2.41. The molecule has 1 aliphatic heterocycles. The van der Waals surface area contributed by atoms with Crippen molar-refractivity contribution in [3.63, 3.8) is 0 Å². The zero-order valence-corrected chi connectivity index (χ0v) is 15.1. The molecule has 7 heteroatoms. The Bertz CT molecular complexity index is 689. The van der Waals surface area contributed by atoms with E-state index in [1.807, 2.05) is 24.3 Å². The molecule has 5 nitrogen and oxygen atoms in total. The Labute approximate surface area is 158 Å². The number of carbonyl (C=O) groups is 1. The standard InChI is InChI=1S/C19H21FN2O3.ClH/c20-15-3-7-17(8-4-15)25-16-5-1-14(2-6-16)12-22-19(23)11-18-13-21-9-10-24-18;/h1-8,18,21H,9-13H2,(H,22,23);1H. The molecule has 0 bridgehead atoms. The quantitative estimate of drug-likeness (QED) is 0.808. The molecule has 0 aliphatic carbocycles. The molecule has 26 heavy (non-hydrogen) atoms. The first kappa shape index (κ1) is 20.2. The molecular formula is C19H22ClFN2O3.